The number of aliphatic hydroxyl groups is 2. The third-order valence-electron chi connectivity index (χ3n) is 5.76. The van der Waals surface area contributed by atoms with Crippen molar-refractivity contribution in [2.24, 2.45) is 5.73 Å². The predicted octanol–water partition coefficient (Wildman–Crippen LogP) is 2.64. The maximum absolute atomic E-state index is 10.0. The predicted molar refractivity (Wildman–Crippen MR) is 105 cm³/mol. The summed E-state index contributed by atoms with van der Waals surface area (Å²) >= 11 is 0. The summed E-state index contributed by atoms with van der Waals surface area (Å²) in [4.78, 5) is 0. The van der Waals surface area contributed by atoms with E-state index in [9.17, 15) is 10.2 Å². The molecule has 0 aliphatic heterocycles. The molecule has 0 radical (unpaired) electrons. The molecule has 0 bridgehead atoms. The molecule has 1 heterocycles. The van der Waals surface area contributed by atoms with Gasteiger partial charge in [0, 0.05) is 16.7 Å². The lowest BCUT2D eigenvalue weighted by molar-refractivity contribution is 0.181. The third kappa shape index (κ3) is 2.77. The summed E-state index contributed by atoms with van der Waals surface area (Å²) in [6.45, 7) is -0.0279. The van der Waals surface area contributed by atoms with Gasteiger partial charge < -0.3 is 20.4 Å². The molecule has 2 atom stereocenters. The van der Waals surface area contributed by atoms with Gasteiger partial charge in [-0.15, -0.1) is 10.2 Å². The quantitative estimate of drug-likeness (QED) is 0.650. The normalized spacial score (nSPS) is 22.9. The van der Waals surface area contributed by atoms with E-state index < -0.39 is 11.6 Å². The number of nitrogens with zero attached hydrogens (tertiary/aromatic N) is 2. The monoisotopic (exact) mass is 375 g/mol. The molecule has 2 aliphatic rings. The highest BCUT2D eigenvalue weighted by Gasteiger charge is 2.30. The summed E-state index contributed by atoms with van der Waals surface area (Å²) in [5.74, 6) is 0.863. The maximum Gasteiger partial charge on any atom is 0.248 e. The van der Waals surface area contributed by atoms with Crippen LogP contribution in [0.4, 0.5) is 0 Å². The van der Waals surface area contributed by atoms with Crippen molar-refractivity contribution in [3.05, 3.63) is 64.7 Å². The SMILES string of the molecule is NC1(CO)CCc2ccc(-c3nnc(-c4cccc5c4C=CC5O)o3)cc2C1. The summed E-state index contributed by atoms with van der Waals surface area (Å²) in [7, 11) is 0. The number of aryl methyl sites for hydroxylation is 1. The van der Waals surface area contributed by atoms with Gasteiger partial charge in [0.1, 0.15) is 0 Å². The summed E-state index contributed by atoms with van der Waals surface area (Å²) in [5.41, 5.74) is 11.5. The number of hydrogen-bond donors (Lipinski definition) is 3. The number of nitrogens with two attached hydrogens (primary N) is 1. The third-order valence-corrected chi connectivity index (χ3v) is 5.76. The van der Waals surface area contributed by atoms with E-state index in [1.54, 1.807) is 6.08 Å². The topological polar surface area (TPSA) is 105 Å². The van der Waals surface area contributed by atoms with Crippen molar-refractivity contribution in [1.29, 1.82) is 0 Å². The summed E-state index contributed by atoms with van der Waals surface area (Å²) in [5, 5.41) is 28.1. The van der Waals surface area contributed by atoms with Crippen molar-refractivity contribution in [3.8, 4) is 22.9 Å². The first-order valence-electron chi connectivity index (χ1n) is 9.41. The molecule has 0 fully saturated rings. The molecule has 5 rings (SSSR count). The first-order valence-corrected chi connectivity index (χ1v) is 9.41. The molecule has 2 aromatic carbocycles. The second kappa shape index (κ2) is 6.38. The van der Waals surface area contributed by atoms with E-state index >= 15 is 0 Å². The van der Waals surface area contributed by atoms with Gasteiger partial charge in [-0.1, -0.05) is 30.4 Å². The molecule has 0 saturated heterocycles. The molecule has 28 heavy (non-hydrogen) atoms. The summed E-state index contributed by atoms with van der Waals surface area (Å²) in [6.07, 6.45) is 5.29. The average molecular weight is 375 g/mol. The van der Waals surface area contributed by atoms with Crippen LogP contribution in [0.2, 0.25) is 0 Å². The van der Waals surface area contributed by atoms with Gasteiger partial charge in [-0.25, -0.2) is 0 Å². The molecule has 3 aromatic rings. The smallest absolute Gasteiger partial charge is 0.248 e. The lowest BCUT2D eigenvalue weighted by atomic mass is 9.78. The molecular formula is C22H21N3O3. The Morgan fingerprint density at radius 3 is 2.86 bits per heavy atom. The highest BCUT2D eigenvalue weighted by Crippen LogP contribution is 2.36. The molecule has 2 aliphatic carbocycles. The fourth-order valence-corrected chi connectivity index (χ4v) is 4.11. The van der Waals surface area contributed by atoms with E-state index in [0.29, 0.717) is 18.2 Å². The molecule has 6 heteroatoms. The number of rotatable bonds is 3. The Hall–Kier alpha value is -2.80. The van der Waals surface area contributed by atoms with Gasteiger partial charge in [-0.3, -0.25) is 0 Å². The zero-order chi connectivity index (χ0) is 19.3. The number of benzene rings is 2. The fraction of sp³-hybridized carbons (Fsp3) is 0.273. The Morgan fingerprint density at radius 2 is 2.00 bits per heavy atom. The Morgan fingerprint density at radius 1 is 1.14 bits per heavy atom. The van der Waals surface area contributed by atoms with E-state index in [1.165, 1.54) is 5.56 Å². The fourth-order valence-electron chi connectivity index (χ4n) is 4.11. The van der Waals surface area contributed by atoms with E-state index in [4.69, 9.17) is 10.2 Å². The first kappa shape index (κ1) is 17.3. The van der Waals surface area contributed by atoms with E-state index in [-0.39, 0.29) is 6.61 Å². The zero-order valence-corrected chi connectivity index (χ0v) is 15.3. The van der Waals surface area contributed by atoms with Crippen LogP contribution in [0.5, 0.6) is 0 Å². The summed E-state index contributed by atoms with van der Waals surface area (Å²) < 4.78 is 5.97. The van der Waals surface area contributed by atoms with Gasteiger partial charge >= 0.3 is 0 Å². The minimum absolute atomic E-state index is 0.0279. The van der Waals surface area contributed by atoms with Crippen LogP contribution in [0.15, 0.2) is 46.9 Å². The van der Waals surface area contributed by atoms with E-state index in [0.717, 1.165) is 40.7 Å². The molecule has 0 spiro atoms. The number of fused-ring (bicyclic) bond motifs is 2. The van der Waals surface area contributed by atoms with Crippen LogP contribution in [0.25, 0.3) is 29.0 Å². The Labute approximate surface area is 162 Å². The van der Waals surface area contributed by atoms with Crippen molar-refractivity contribution in [1.82, 2.24) is 10.2 Å². The average Bonchev–Trinajstić information content (AvgIpc) is 3.35. The summed E-state index contributed by atoms with van der Waals surface area (Å²) in [6, 6.07) is 11.8. The minimum Gasteiger partial charge on any atom is -0.416 e. The number of aliphatic hydroxyl groups excluding tert-OH is 2. The number of aromatic nitrogens is 2. The van der Waals surface area contributed by atoms with Gasteiger partial charge in [0.05, 0.1) is 12.7 Å². The highest BCUT2D eigenvalue weighted by molar-refractivity contribution is 5.76. The number of hydrogen-bond acceptors (Lipinski definition) is 6. The second-order valence-corrected chi connectivity index (χ2v) is 7.71. The van der Waals surface area contributed by atoms with Crippen LogP contribution in [-0.2, 0) is 12.8 Å². The van der Waals surface area contributed by atoms with Gasteiger partial charge in [0.25, 0.3) is 0 Å². The van der Waals surface area contributed by atoms with Crippen molar-refractivity contribution in [2.75, 3.05) is 6.61 Å². The van der Waals surface area contributed by atoms with Crippen molar-refractivity contribution in [3.63, 3.8) is 0 Å². The Balaban J connectivity index is 1.50. The lowest BCUT2D eigenvalue weighted by Crippen LogP contribution is -2.48. The maximum atomic E-state index is 10.0. The van der Waals surface area contributed by atoms with Crippen molar-refractivity contribution < 1.29 is 14.6 Å². The van der Waals surface area contributed by atoms with Gasteiger partial charge in [-0.2, -0.15) is 0 Å². The second-order valence-electron chi connectivity index (χ2n) is 7.71. The van der Waals surface area contributed by atoms with Crippen LogP contribution in [-0.4, -0.2) is 32.6 Å². The van der Waals surface area contributed by atoms with Crippen LogP contribution in [0.1, 0.15) is 34.8 Å². The molecule has 142 valence electrons. The standard InChI is InChI=1S/C22H21N3O3/c23-22(12-26)9-8-13-4-5-14(10-15(13)11-22)20-24-25-21(28-20)18-3-1-2-17-16(18)6-7-19(17)27/h1-7,10,19,26-27H,8-9,11-12,23H2. The van der Waals surface area contributed by atoms with Crippen LogP contribution in [0, 0.1) is 0 Å². The molecule has 6 nitrogen and oxygen atoms in total. The molecule has 4 N–H and O–H groups in total. The Kier molecular flexibility index (Phi) is 3.94. The first-order chi connectivity index (χ1) is 13.6. The van der Waals surface area contributed by atoms with E-state index in [2.05, 4.69) is 16.3 Å². The zero-order valence-electron chi connectivity index (χ0n) is 15.3. The van der Waals surface area contributed by atoms with Crippen LogP contribution in [0.3, 0.4) is 0 Å². The molecular weight excluding hydrogens is 354 g/mol. The van der Waals surface area contributed by atoms with Crippen LogP contribution >= 0.6 is 0 Å². The Bertz CT molecular complexity index is 1090. The van der Waals surface area contributed by atoms with Gasteiger partial charge in [0.15, 0.2) is 0 Å². The molecule has 2 unspecified atom stereocenters. The lowest BCUT2D eigenvalue weighted by Gasteiger charge is -2.33. The van der Waals surface area contributed by atoms with Crippen molar-refractivity contribution in [2.45, 2.75) is 30.9 Å². The molecule has 0 amide bonds. The van der Waals surface area contributed by atoms with Gasteiger partial charge in [-0.05, 0) is 59.7 Å². The van der Waals surface area contributed by atoms with E-state index in [1.807, 2.05) is 36.4 Å². The van der Waals surface area contributed by atoms with Gasteiger partial charge in [0.2, 0.25) is 11.8 Å². The van der Waals surface area contributed by atoms with Crippen molar-refractivity contribution >= 4 is 6.08 Å². The van der Waals surface area contributed by atoms with Crippen LogP contribution < -0.4 is 5.73 Å². The molecule has 0 saturated carbocycles. The highest BCUT2D eigenvalue weighted by atomic mass is 16.4. The minimum atomic E-state index is -0.596. The largest absolute Gasteiger partial charge is 0.416 e. The molecule has 1 aromatic heterocycles.